The Hall–Kier alpha value is 0.390. The molecule has 3 nitrogen and oxygen atoms in total. The van der Waals surface area contributed by atoms with Crippen LogP contribution in [0.1, 0.15) is 1.43 Å². The van der Waals surface area contributed by atoms with Crippen LogP contribution in [0, 0.1) is 0 Å². The minimum absolute atomic E-state index is 0. The molecule has 0 saturated carbocycles. The zero-order chi connectivity index (χ0) is 8.72. The van der Waals surface area contributed by atoms with Crippen molar-refractivity contribution in [1.82, 2.24) is 14.8 Å². The third-order valence-electron chi connectivity index (χ3n) is 1.57. The molecule has 0 spiro atoms. The third kappa shape index (κ3) is 2.07. The van der Waals surface area contributed by atoms with E-state index >= 15 is 0 Å². The van der Waals surface area contributed by atoms with E-state index in [4.69, 9.17) is 11.6 Å². The molecule has 0 aliphatic rings. The first-order chi connectivity index (χ1) is 5.68. The van der Waals surface area contributed by atoms with Gasteiger partial charge in [-0.05, 0) is 15.9 Å². The molecule has 0 saturated heterocycles. The van der Waals surface area contributed by atoms with Gasteiger partial charge in [0, 0.05) is 29.3 Å². The van der Waals surface area contributed by atoms with Crippen LogP contribution in [0.5, 0.6) is 0 Å². The fourth-order valence-electron chi connectivity index (χ4n) is 1.06. The minimum atomic E-state index is 0. The minimum Gasteiger partial charge on any atom is -1.00 e. The number of hydrogen-bond acceptors (Lipinski definition) is 2. The molecule has 64 valence electrons. The average molecular weight is 270 g/mol. The van der Waals surface area contributed by atoms with E-state index in [9.17, 15) is 0 Å². The van der Waals surface area contributed by atoms with Crippen molar-refractivity contribution < 1.29 is 31.0 Å². The number of aryl methyl sites for hydroxylation is 1. The van der Waals surface area contributed by atoms with Gasteiger partial charge in [-0.15, -0.1) is 0 Å². The number of fused-ring (bicyclic) bond motifs is 1. The Balaban J connectivity index is 0.000000845. The molecule has 2 rings (SSSR count). The molecule has 0 atom stereocenters. The number of pyridine rings is 1. The van der Waals surface area contributed by atoms with Gasteiger partial charge in [0.05, 0.1) is 0 Å². The standard InChI is InChI=1S/C7H5BrClN3.Na.H/c1-12-3-4-5(8)2-10-7(9)6(4)11-12;;/h2-3H,1H3;;/q;+1;-1. The summed E-state index contributed by atoms with van der Waals surface area (Å²) in [5, 5.41) is 5.59. The van der Waals surface area contributed by atoms with E-state index in [1.54, 1.807) is 10.9 Å². The molecule has 0 radical (unpaired) electrons. The maximum atomic E-state index is 5.83. The second kappa shape index (κ2) is 4.28. The van der Waals surface area contributed by atoms with Gasteiger partial charge in [-0.3, -0.25) is 4.68 Å². The van der Waals surface area contributed by atoms with Crippen LogP contribution in [0.15, 0.2) is 16.9 Å². The SMILES string of the molecule is Cn1cc2c(Br)cnc(Cl)c2n1.[H-].[Na+]. The fourth-order valence-corrected chi connectivity index (χ4v) is 1.64. The summed E-state index contributed by atoms with van der Waals surface area (Å²) in [5.74, 6) is 0. The summed E-state index contributed by atoms with van der Waals surface area (Å²) in [5.41, 5.74) is 0.730. The van der Waals surface area contributed by atoms with E-state index in [0.717, 1.165) is 15.4 Å². The molecular formula is C7H6BrClN3Na. The van der Waals surface area contributed by atoms with Gasteiger partial charge in [-0.2, -0.15) is 5.10 Å². The van der Waals surface area contributed by atoms with Gasteiger partial charge < -0.3 is 1.43 Å². The second-order valence-electron chi connectivity index (χ2n) is 2.46. The maximum Gasteiger partial charge on any atom is 1.00 e. The van der Waals surface area contributed by atoms with Gasteiger partial charge in [0.2, 0.25) is 0 Å². The van der Waals surface area contributed by atoms with Gasteiger partial charge in [-0.1, -0.05) is 11.6 Å². The van der Waals surface area contributed by atoms with Crippen molar-refractivity contribution in [1.29, 1.82) is 0 Å². The van der Waals surface area contributed by atoms with Crippen LogP contribution < -0.4 is 29.6 Å². The summed E-state index contributed by atoms with van der Waals surface area (Å²) in [4.78, 5) is 3.96. The predicted octanol–water partition coefficient (Wildman–Crippen LogP) is -0.499. The van der Waals surface area contributed by atoms with Crippen LogP contribution in [0.25, 0.3) is 10.9 Å². The second-order valence-corrected chi connectivity index (χ2v) is 3.67. The molecule has 0 unspecified atom stereocenters. The van der Waals surface area contributed by atoms with Crippen LogP contribution in [0.4, 0.5) is 0 Å². The van der Waals surface area contributed by atoms with Crippen molar-refractivity contribution in [2.24, 2.45) is 7.05 Å². The smallest absolute Gasteiger partial charge is 1.00 e. The Kier molecular flexibility index (Phi) is 3.77. The zero-order valence-electron chi connectivity index (χ0n) is 8.25. The zero-order valence-corrected chi connectivity index (χ0v) is 11.6. The van der Waals surface area contributed by atoms with Gasteiger partial charge in [0.1, 0.15) is 5.52 Å². The van der Waals surface area contributed by atoms with Crippen LogP contribution in [-0.2, 0) is 7.05 Å². The first-order valence-electron chi connectivity index (χ1n) is 3.32. The fraction of sp³-hybridized carbons (Fsp3) is 0.143. The van der Waals surface area contributed by atoms with Gasteiger partial charge in [0.25, 0.3) is 0 Å². The molecule has 0 aliphatic heterocycles. The molecule has 2 aromatic heterocycles. The van der Waals surface area contributed by atoms with Crippen molar-refractivity contribution in [3.05, 3.63) is 22.0 Å². The first kappa shape index (κ1) is 11.5. The van der Waals surface area contributed by atoms with E-state index in [-0.39, 0.29) is 31.0 Å². The first-order valence-corrected chi connectivity index (χ1v) is 4.49. The predicted molar refractivity (Wildman–Crippen MR) is 52.3 cm³/mol. The molecule has 0 fully saturated rings. The summed E-state index contributed by atoms with van der Waals surface area (Å²) >= 11 is 9.20. The van der Waals surface area contributed by atoms with Crippen LogP contribution in [-0.4, -0.2) is 14.8 Å². The Morgan fingerprint density at radius 2 is 2.31 bits per heavy atom. The maximum absolute atomic E-state index is 5.83. The summed E-state index contributed by atoms with van der Waals surface area (Å²) in [6.45, 7) is 0. The Bertz CT molecular complexity index is 409. The Morgan fingerprint density at radius 3 is 2.92 bits per heavy atom. The van der Waals surface area contributed by atoms with Crippen LogP contribution >= 0.6 is 27.5 Å². The normalized spacial score (nSPS) is 10.1. The molecule has 2 aromatic rings. The summed E-state index contributed by atoms with van der Waals surface area (Å²) in [7, 11) is 1.85. The van der Waals surface area contributed by atoms with Crippen molar-refractivity contribution in [3.8, 4) is 0 Å². The third-order valence-corrected chi connectivity index (χ3v) is 2.48. The monoisotopic (exact) mass is 269 g/mol. The largest absolute Gasteiger partial charge is 1.00 e. The molecule has 0 aromatic carbocycles. The number of halogens is 2. The van der Waals surface area contributed by atoms with Gasteiger partial charge in [0.15, 0.2) is 5.15 Å². The van der Waals surface area contributed by atoms with Crippen molar-refractivity contribution in [2.75, 3.05) is 0 Å². The summed E-state index contributed by atoms with van der Waals surface area (Å²) in [6.07, 6.45) is 3.57. The molecule has 6 heteroatoms. The number of aromatic nitrogens is 3. The van der Waals surface area contributed by atoms with Crippen molar-refractivity contribution in [2.45, 2.75) is 0 Å². The molecular weight excluding hydrogens is 264 g/mol. The number of hydrogen-bond donors (Lipinski definition) is 0. The molecule has 0 aliphatic carbocycles. The van der Waals surface area contributed by atoms with E-state index in [1.165, 1.54) is 0 Å². The van der Waals surface area contributed by atoms with E-state index in [1.807, 2.05) is 13.2 Å². The Labute approximate surface area is 112 Å². The quantitative estimate of drug-likeness (QED) is 0.477. The molecule has 0 bridgehead atoms. The molecule has 0 amide bonds. The summed E-state index contributed by atoms with van der Waals surface area (Å²) < 4.78 is 2.62. The number of nitrogens with zero attached hydrogens (tertiary/aromatic N) is 3. The molecule has 0 N–H and O–H groups in total. The van der Waals surface area contributed by atoms with Gasteiger partial charge >= 0.3 is 29.6 Å². The van der Waals surface area contributed by atoms with E-state index < -0.39 is 0 Å². The van der Waals surface area contributed by atoms with Crippen molar-refractivity contribution >= 4 is 38.4 Å². The van der Waals surface area contributed by atoms with Crippen LogP contribution in [0.2, 0.25) is 5.15 Å². The molecule has 2 heterocycles. The van der Waals surface area contributed by atoms with E-state index in [0.29, 0.717) is 5.15 Å². The molecule has 13 heavy (non-hydrogen) atoms. The Morgan fingerprint density at radius 1 is 1.62 bits per heavy atom. The average Bonchev–Trinajstić information content (AvgIpc) is 2.41. The van der Waals surface area contributed by atoms with Gasteiger partial charge in [-0.25, -0.2) is 4.98 Å². The van der Waals surface area contributed by atoms with E-state index in [2.05, 4.69) is 26.0 Å². The topological polar surface area (TPSA) is 30.7 Å². The number of rotatable bonds is 0. The van der Waals surface area contributed by atoms with Crippen LogP contribution in [0.3, 0.4) is 0 Å². The van der Waals surface area contributed by atoms with Crippen molar-refractivity contribution in [3.63, 3.8) is 0 Å². The summed E-state index contributed by atoms with van der Waals surface area (Å²) in [6, 6.07) is 0.